The van der Waals surface area contributed by atoms with Crippen LogP contribution < -0.4 is 10.6 Å². The Hall–Kier alpha value is -2.08. The number of ether oxygens (including phenoxy) is 1. The van der Waals surface area contributed by atoms with Crippen molar-refractivity contribution in [1.82, 2.24) is 4.98 Å². The van der Waals surface area contributed by atoms with Gasteiger partial charge < -0.3 is 10.1 Å². The third kappa shape index (κ3) is 5.56. The predicted octanol–water partition coefficient (Wildman–Crippen LogP) is 5.24. The molecule has 5 nitrogen and oxygen atoms in total. The monoisotopic (exact) mass is 377 g/mol. The molecular weight excluding hydrogens is 358 g/mol. The lowest BCUT2D eigenvalue weighted by Crippen LogP contribution is -2.27. The highest BCUT2D eigenvalue weighted by atomic mass is 79.9. The first-order chi connectivity index (χ1) is 10.7. The van der Waals surface area contributed by atoms with E-state index in [0.29, 0.717) is 5.82 Å². The maximum atomic E-state index is 11.7. The van der Waals surface area contributed by atoms with Gasteiger partial charge in [0, 0.05) is 4.47 Å². The molecule has 122 valence electrons. The van der Waals surface area contributed by atoms with E-state index in [1.807, 2.05) is 52.0 Å². The molecule has 0 aliphatic heterocycles. The molecule has 0 radical (unpaired) electrons. The molecule has 0 unspecified atom stereocenters. The number of nitrogens with one attached hydrogen (secondary N) is 2. The average Bonchev–Trinajstić information content (AvgIpc) is 2.42. The van der Waals surface area contributed by atoms with Crippen LogP contribution in [0.25, 0.3) is 0 Å². The second-order valence-electron chi connectivity index (χ2n) is 6.17. The zero-order chi connectivity index (χ0) is 17.0. The van der Waals surface area contributed by atoms with Crippen LogP contribution in [0.5, 0.6) is 0 Å². The summed E-state index contributed by atoms with van der Waals surface area (Å²) in [5.74, 6) is 0.438. The van der Waals surface area contributed by atoms with Gasteiger partial charge in [-0.25, -0.2) is 9.78 Å². The molecule has 0 saturated carbocycles. The van der Waals surface area contributed by atoms with Crippen molar-refractivity contribution in [2.45, 2.75) is 33.3 Å². The Bertz CT molecular complexity index is 694. The molecule has 1 aromatic heterocycles. The van der Waals surface area contributed by atoms with Gasteiger partial charge in [0.15, 0.2) is 0 Å². The molecule has 0 aliphatic carbocycles. The summed E-state index contributed by atoms with van der Waals surface area (Å²) in [4.78, 5) is 15.9. The number of benzene rings is 1. The van der Waals surface area contributed by atoms with Gasteiger partial charge >= 0.3 is 6.09 Å². The molecule has 23 heavy (non-hydrogen) atoms. The highest BCUT2D eigenvalue weighted by molar-refractivity contribution is 9.10. The fourth-order valence-corrected chi connectivity index (χ4v) is 2.42. The van der Waals surface area contributed by atoms with E-state index in [0.717, 1.165) is 15.8 Å². The molecule has 0 saturated heterocycles. The standard InChI is InChI=1S/C17H20BrN3O2/c1-11-5-7-14(13(18)9-11)20-12-6-8-15(19-10-12)21-16(22)23-17(2,3)4/h5-10,20H,1-4H3,(H,19,21,22). The van der Waals surface area contributed by atoms with Gasteiger partial charge in [-0.3, -0.25) is 5.32 Å². The lowest BCUT2D eigenvalue weighted by molar-refractivity contribution is 0.0635. The number of halogens is 1. The molecule has 0 aliphatic rings. The topological polar surface area (TPSA) is 63.2 Å². The highest BCUT2D eigenvalue weighted by Gasteiger charge is 2.16. The number of rotatable bonds is 3. The van der Waals surface area contributed by atoms with Crippen LogP contribution in [0.15, 0.2) is 41.0 Å². The Kier molecular flexibility index (Phi) is 5.26. The lowest BCUT2D eigenvalue weighted by atomic mass is 10.2. The smallest absolute Gasteiger partial charge is 0.413 e. The molecule has 1 heterocycles. The number of amides is 1. The normalized spacial score (nSPS) is 11.0. The van der Waals surface area contributed by atoms with Gasteiger partial charge in [-0.2, -0.15) is 0 Å². The number of hydrogen-bond donors (Lipinski definition) is 2. The third-order valence-electron chi connectivity index (χ3n) is 2.80. The molecule has 2 N–H and O–H groups in total. The quantitative estimate of drug-likeness (QED) is 0.767. The summed E-state index contributed by atoms with van der Waals surface area (Å²) in [6.07, 6.45) is 1.13. The number of pyridine rings is 1. The molecule has 2 aromatic rings. The van der Waals surface area contributed by atoms with Gasteiger partial charge in [0.2, 0.25) is 0 Å². The number of anilines is 3. The third-order valence-corrected chi connectivity index (χ3v) is 3.45. The molecule has 6 heteroatoms. The van der Waals surface area contributed by atoms with Crippen molar-refractivity contribution in [3.8, 4) is 0 Å². The van der Waals surface area contributed by atoms with Crippen molar-refractivity contribution in [2.75, 3.05) is 10.6 Å². The second kappa shape index (κ2) is 7.00. The number of hydrogen-bond acceptors (Lipinski definition) is 4. The van der Waals surface area contributed by atoms with Crippen LogP contribution in [0.4, 0.5) is 22.0 Å². The second-order valence-corrected chi connectivity index (χ2v) is 7.02. The van der Waals surface area contributed by atoms with E-state index < -0.39 is 11.7 Å². The summed E-state index contributed by atoms with van der Waals surface area (Å²) in [5.41, 5.74) is 2.41. The number of aryl methyl sites for hydroxylation is 1. The first-order valence-electron chi connectivity index (χ1n) is 7.22. The number of carbonyl (C=O) groups excluding carboxylic acids is 1. The van der Waals surface area contributed by atoms with Crippen LogP contribution >= 0.6 is 15.9 Å². The molecule has 0 spiro atoms. The number of aromatic nitrogens is 1. The van der Waals surface area contributed by atoms with Crippen LogP contribution in [-0.2, 0) is 4.74 Å². The van der Waals surface area contributed by atoms with E-state index in [-0.39, 0.29) is 0 Å². The van der Waals surface area contributed by atoms with Crippen molar-refractivity contribution < 1.29 is 9.53 Å². The van der Waals surface area contributed by atoms with Crippen molar-refractivity contribution in [3.63, 3.8) is 0 Å². The largest absolute Gasteiger partial charge is 0.444 e. The Balaban J connectivity index is 2.01. The highest BCUT2D eigenvalue weighted by Crippen LogP contribution is 2.26. The predicted molar refractivity (Wildman–Crippen MR) is 96.3 cm³/mol. The summed E-state index contributed by atoms with van der Waals surface area (Å²) < 4.78 is 6.16. The SMILES string of the molecule is Cc1ccc(Nc2ccc(NC(=O)OC(C)(C)C)nc2)c(Br)c1. The fourth-order valence-electron chi connectivity index (χ4n) is 1.83. The summed E-state index contributed by atoms with van der Waals surface area (Å²) in [5, 5.41) is 5.86. The Morgan fingerprint density at radius 2 is 1.96 bits per heavy atom. The molecule has 0 bridgehead atoms. The van der Waals surface area contributed by atoms with E-state index in [4.69, 9.17) is 4.74 Å². The minimum Gasteiger partial charge on any atom is -0.444 e. The number of carbonyl (C=O) groups is 1. The molecule has 0 atom stereocenters. The van der Waals surface area contributed by atoms with Crippen molar-refractivity contribution in [3.05, 3.63) is 46.6 Å². The summed E-state index contributed by atoms with van der Waals surface area (Å²) in [6.45, 7) is 7.47. The zero-order valence-corrected chi connectivity index (χ0v) is 15.2. The van der Waals surface area contributed by atoms with Crippen LogP contribution in [0.1, 0.15) is 26.3 Å². The summed E-state index contributed by atoms with van der Waals surface area (Å²) >= 11 is 3.52. The van der Waals surface area contributed by atoms with Crippen LogP contribution in [-0.4, -0.2) is 16.7 Å². The molecule has 1 aromatic carbocycles. The minimum atomic E-state index is -0.538. The lowest BCUT2D eigenvalue weighted by Gasteiger charge is -2.19. The number of nitrogens with zero attached hydrogens (tertiary/aromatic N) is 1. The van der Waals surface area contributed by atoms with Crippen LogP contribution in [0, 0.1) is 6.92 Å². The van der Waals surface area contributed by atoms with E-state index in [9.17, 15) is 4.79 Å². The fraction of sp³-hybridized carbons (Fsp3) is 0.294. The summed E-state index contributed by atoms with van der Waals surface area (Å²) in [6, 6.07) is 9.61. The maximum Gasteiger partial charge on any atom is 0.413 e. The van der Waals surface area contributed by atoms with E-state index in [2.05, 4.69) is 31.5 Å². The van der Waals surface area contributed by atoms with E-state index >= 15 is 0 Å². The van der Waals surface area contributed by atoms with Gasteiger partial charge in [0.05, 0.1) is 17.6 Å². The Morgan fingerprint density at radius 1 is 1.22 bits per heavy atom. The molecule has 1 amide bonds. The zero-order valence-electron chi connectivity index (χ0n) is 13.6. The van der Waals surface area contributed by atoms with Crippen molar-refractivity contribution in [1.29, 1.82) is 0 Å². The van der Waals surface area contributed by atoms with Gasteiger partial charge in [-0.05, 0) is 73.5 Å². The maximum absolute atomic E-state index is 11.7. The Morgan fingerprint density at radius 3 is 2.52 bits per heavy atom. The Labute approximate surface area is 144 Å². The van der Waals surface area contributed by atoms with Crippen molar-refractivity contribution >= 4 is 39.2 Å². The van der Waals surface area contributed by atoms with E-state index in [1.165, 1.54) is 5.56 Å². The van der Waals surface area contributed by atoms with Gasteiger partial charge in [0.25, 0.3) is 0 Å². The minimum absolute atomic E-state index is 0.438. The van der Waals surface area contributed by atoms with Crippen LogP contribution in [0.2, 0.25) is 0 Å². The first kappa shape index (κ1) is 17.3. The van der Waals surface area contributed by atoms with Crippen molar-refractivity contribution in [2.24, 2.45) is 0 Å². The van der Waals surface area contributed by atoms with Crippen LogP contribution in [0.3, 0.4) is 0 Å². The average molecular weight is 378 g/mol. The van der Waals surface area contributed by atoms with Gasteiger partial charge in [-0.15, -0.1) is 0 Å². The molecular formula is C17H20BrN3O2. The summed E-state index contributed by atoms with van der Waals surface area (Å²) in [7, 11) is 0. The first-order valence-corrected chi connectivity index (χ1v) is 8.01. The van der Waals surface area contributed by atoms with E-state index in [1.54, 1.807) is 12.3 Å². The van der Waals surface area contributed by atoms with Gasteiger partial charge in [0.1, 0.15) is 11.4 Å². The molecule has 0 fully saturated rings. The molecule has 2 rings (SSSR count). The van der Waals surface area contributed by atoms with Gasteiger partial charge in [-0.1, -0.05) is 6.07 Å².